The number of hydrogen-bond donors (Lipinski definition) is 2. The average Bonchev–Trinajstić information content (AvgIpc) is 2.57. The molecule has 0 atom stereocenters. The number of carbonyl (C=O) groups excluding carboxylic acids is 2. The third-order valence-electron chi connectivity index (χ3n) is 4.21. The first-order valence-electron chi connectivity index (χ1n) is 8.20. The summed E-state index contributed by atoms with van der Waals surface area (Å²) in [5.41, 5.74) is -0.150. The zero-order valence-electron chi connectivity index (χ0n) is 13.7. The van der Waals surface area contributed by atoms with E-state index in [4.69, 9.17) is 23.2 Å². The van der Waals surface area contributed by atoms with Gasteiger partial charge in [0.1, 0.15) is 5.54 Å². The molecule has 1 aromatic rings. The summed E-state index contributed by atoms with van der Waals surface area (Å²) in [6, 6.07) is 5.06. The molecule has 24 heavy (non-hydrogen) atoms. The molecular weight excluding hydrogens is 347 g/mol. The van der Waals surface area contributed by atoms with Crippen LogP contribution in [0.5, 0.6) is 0 Å². The molecule has 1 aromatic carbocycles. The minimum absolute atomic E-state index is 0.104. The Morgan fingerprint density at radius 1 is 1.21 bits per heavy atom. The van der Waals surface area contributed by atoms with Gasteiger partial charge in [-0.3, -0.25) is 9.59 Å². The van der Waals surface area contributed by atoms with E-state index in [1.165, 1.54) is 6.08 Å². The molecule has 1 aliphatic rings. The number of halogens is 2. The van der Waals surface area contributed by atoms with Crippen LogP contribution >= 0.6 is 23.2 Å². The maximum Gasteiger partial charge on any atom is 0.245 e. The zero-order valence-corrected chi connectivity index (χ0v) is 15.2. The van der Waals surface area contributed by atoms with Gasteiger partial charge in [0.2, 0.25) is 11.8 Å². The monoisotopic (exact) mass is 368 g/mol. The number of rotatable bonds is 5. The first-order valence-corrected chi connectivity index (χ1v) is 8.96. The van der Waals surface area contributed by atoms with Gasteiger partial charge in [-0.1, -0.05) is 42.5 Å². The van der Waals surface area contributed by atoms with Crippen molar-refractivity contribution in [3.05, 3.63) is 39.9 Å². The summed E-state index contributed by atoms with van der Waals surface area (Å²) < 4.78 is 0. The Bertz CT molecular complexity index is 638. The fourth-order valence-corrected chi connectivity index (χ4v) is 3.34. The van der Waals surface area contributed by atoms with Gasteiger partial charge in [0.15, 0.2) is 0 Å². The highest BCUT2D eigenvalue weighted by molar-refractivity contribution is 6.34. The van der Waals surface area contributed by atoms with E-state index >= 15 is 0 Å². The predicted octanol–water partition coefficient (Wildman–Crippen LogP) is 3.96. The van der Waals surface area contributed by atoms with Gasteiger partial charge in [-0.15, -0.1) is 0 Å². The average molecular weight is 369 g/mol. The molecule has 0 spiro atoms. The second-order valence-corrected chi connectivity index (χ2v) is 6.83. The van der Waals surface area contributed by atoms with Crippen molar-refractivity contribution >= 4 is 41.1 Å². The molecule has 0 radical (unpaired) electrons. The van der Waals surface area contributed by atoms with Crippen LogP contribution in [0.1, 0.15) is 44.6 Å². The van der Waals surface area contributed by atoms with Crippen LogP contribution in [0.3, 0.4) is 0 Å². The van der Waals surface area contributed by atoms with Gasteiger partial charge in [-0.05, 0) is 49.6 Å². The Morgan fingerprint density at radius 2 is 1.92 bits per heavy atom. The van der Waals surface area contributed by atoms with E-state index in [1.54, 1.807) is 24.3 Å². The summed E-state index contributed by atoms with van der Waals surface area (Å²) in [7, 11) is 0. The van der Waals surface area contributed by atoms with E-state index in [0.717, 1.165) is 19.3 Å². The highest BCUT2D eigenvalue weighted by Gasteiger charge is 2.40. The lowest BCUT2D eigenvalue weighted by molar-refractivity contribution is -0.133. The second-order valence-electron chi connectivity index (χ2n) is 5.99. The van der Waals surface area contributed by atoms with E-state index in [0.29, 0.717) is 35.0 Å². The molecule has 1 aliphatic carbocycles. The summed E-state index contributed by atoms with van der Waals surface area (Å²) in [6.07, 6.45) is 7.28. The molecule has 1 fully saturated rings. The van der Waals surface area contributed by atoms with E-state index in [9.17, 15) is 9.59 Å². The van der Waals surface area contributed by atoms with Crippen LogP contribution in [-0.4, -0.2) is 23.9 Å². The third kappa shape index (κ3) is 4.74. The van der Waals surface area contributed by atoms with Gasteiger partial charge in [0.25, 0.3) is 0 Å². The molecule has 2 rings (SSSR count). The number of nitrogens with one attached hydrogen (secondary N) is 2. The molecule has 2 amide bonds. The summed E-state index contributed by atoms with van der Waals surface area (Å²) in [4.78, 5) is 24.8. The molecule has 0 aliphatic heterocycles. The minimum atomic E-state index is -0.812. The smallest absolute Gasteiger partial charge is 0.245 e. The van der Waals surface area contributed by atoms with E-state index in [1.807, 2.05) is 6.92 Å². The zero-order chi connectivity index (χ0) is 17.6. The van der Waals surface area contributed by atoms with Crippen LogP contribution in [-0.2, 0) is 9.59 Å². The Hall–Kier alpha value is -1.52. The van der Waals surface area contributed by atoms with E-state index < -0.39 is 5.54 Å². The fraction of sp³-hybridized carbons (Fsp3) is 0.444. The normalized spacial score (nSPS) is 16.8. The summed E-state index contributed by atoms with van der Waals surface area (Å²) in [5, 5.41) is 6.80. The number of likely N-dealkylation sites (N-methyl/N-ethyl adjacent to an activating group) is 1. The highest BCUT2D eigenvalue weighted by Crippen LogP contribution is 2.28. The standard InChI is InChI=1S/C18H22Cl2N2O2/c1-2-21-17(24)18(10-4-3-5-11-18)22-16(23)9-6-13-12-14(19)7-8-15(13)20/h6-9,12H,2-5,10-11H2,1H3,(H,21,24)(H,22,23). The van der Waals surface area contributed by atoms with Crippen molar-refractivity contribution in [1.29, 1.82) is 0 Å². The Kier molecular flexibility index (Phi) is 6.69. The lowest BCUT2D eigenvalue weighted by Crippen LogP contribution is -2.59. The molecular formula is C18H22Cl2N2O2. The van der Waals surface area contributed by atoms with Crippen LogP contribution in [0.15, 0.2) is 24.3 Å². The lowest BCUT2D eigenvalue weighted by Gasteiger charge is -2.36. The second kappa shape index (κ2) is 8.54. The van der Waals surface area contributed by atoms with Gasteiger partial charge < -0.3 is 10.6 Å². The number of carbonyl (C=O) groups is 2. The highest BCUT2D eigenvalue weighted by atomic mass is 35.5. The SMILES string of the molecule is CCNC(=O)C1(NC(=O)C=Cc2cc(Cl)ccc2Cl)CCCCC1. The van der Waals surface area contributed by atoms with Crippen LogP contribution in [0, 0.1) is 0 Å². The van der Waals surface area contributed by atoms with Crippen LogP contribution in [0.2, 0.25) is 10.0 Å². The molecule has 6 heteroatoms. The molecule has 0 aromatic heterocycles. The Balaban J connectivity index is 2.11. The van der Waals surface area contributed by atoms with Crippen molar-refractivity contribution < 1.29 is 9.59 Å². The number of benzene rings is 1. The molecule has 0 bridgehead atoms. The van der Waals surface area contributed by atoms with Gasteiger partial charge in [-0.2, -0.15) is 0 Å². The van der Waals surface area contributed by atoms with Crippen LogP contribution in [0.4, 0.5) is 0 Å². The minimum Gasteiger partial charge on any atom is -0.354 e. The summed E-state index contributed by atoms with van der Waals surface area (Å²) in [5.74, 6) is -0.411. The van der Waals surface area contributed by atoms with Crippen molar-refractivity contribution in [2.24, 2.45) is 0 Å². The van der Waals surface area contributed by atoms with Gasteiger partial charge in [0, 0.05) is 22.7 Å². The van der Waals surface area contributed by atoms with Crippen molar-refractivity contribution in [1.82, 2.24) is 10.6 Å². The molecule has 1 saturated carbocycles. The topological polar surface area (TPSA) is 58.2 Å². The van der Waals surface area contributed by atoms with Crippen molar-refractivity contribution in [2.45, 2.75) is 44.6 Å². The number of amides is 2. The molecule has 0 saturated heterocycles. The largest absolute Gasteiger partial charge is 0.354 e. The molecule has 4 nitrogen and oxygen atoms in total. The van der Waals surface area contributed by atoms with Crippen LogP contribution < -0.4 is 10.6 Å². The van der Waals surface area contributed by atoms with E-state index in [2.05, 4.69) is 10.6 Å². The van der Waals surface area contributed by atoms with Gasteiger partial charge >= 0.3 is 0 Å². The summed E-state index contributed by atoms with van der Waals surface area (Å²) >= 11 is 12.0. The van der Waals surface area contributed by atoms with Gasteiger partial charge in [0.05, 0.1) is 0 Å². The maximum atomic E-state index is 12.4. The van der Waals surface area contributed by atoms with E-state index in [-0.39, 0.29) is 11.8 Å². The quantitative estimate of drug-likeness (QED) is 0.772. The summed E-state index contributed by atoms with van der Waals surface area (Å²) in [6.45, 7) is 2.42. The maximum absolute atomic E-state index is 12.4. The molecule has 2 N–H and O–H groups in total. The predicted molar refractivity (Wildman–Crippen MR) is 98.1 cm³/mol. The molecule has 0 unspecified atom stereocenters. The first kappa shape index (κ1) is 18.8. The Labute approximate surface area is 152 Å². The third-order valence-corrected chi connectivity index (χ3v) is 4.79. The lowest BCUT2D eigenvalue weighted by atomic mass is 9.80. The first-order chi connectivity index (χ1) is 11.5. The van der Waals surface area contributed by atoms with Crippen LogP contribution in [0.25, 0.3) is 6.08 Å². The molecule has 0 heterocycles. The van der Waals surface area contributed by atoms with Crippen molar-refractivity contribution in [3.63, 3.8) is 0 Å². The number of hydrogen-bond acceptors (Lipinski definition) is 2. The Morgan fingerprint density at radius 3 is 2.58 bits per heavy atom. The van der Waals surface area contributed by atoms with Crippen molar-refractivity contribution in [3.8, 4) is 0 Å². The fourth-order valence-electron chi connectivity index (χ4n) is 2.98. The molecule has 130 valence electrons. The van der Waals surface area contributed by atoms with Gasteiger partial charge in [-0.25, -0.2) is 0 Å². The van der Waals surface area contributed by atoms with Crippen molar-refractivity contribution in [2.75, 3.05) is 6.54 Å².